The summed E-state index contributed by atoms with van der Waals surface area (Å²) in [6.45, 7) is 5.13. The lowest BCUT2D eigenvalue weighted by atomic mass is 9.78. The van der Waals surface area contributed by atoms with Crippen LogP contribution >= 0.6 is 11.5 Å². The van der Waals surface area contributed by atoms with Gasteiger partial charge in [0, 0.05) is 26.2 Å². The predicted molar refractivity (Wildman–Crippen MR) is 95.4 cm³/mol. The van der Waals surface area contributed by atoms with Gasteiger partial charge in [-0.1, -0.05) is 17.8 Å². The quantitative estimate of drug-likeness (QED) is 0.806. The van der Waals surface area contributed by atoms with Crippen molar-refractivity contribution in [3.63, 3.8) is 0 Å². The molecule has 1 aromatic heterocycles. The number of rotatable bonds is 5. The average molecular weight is 362 g/mol. The van der Waals surface area contributed by atoms with E-state index in [1.165, 1.54) is 24.4 Å². The van der Waals surface area contributed by atoms with Crippen molar-refractivity contribution in [1.29, 1.82) is 0 Å². The lowest BCUT2D eigenvalue weighted by Gasteiger charge is -2.39. The zero-order valence-electron chi connectivity index (χ0n) is 14.9. The van der Waals surface area contributed by atoms with Crippen LogP contribution in [0.4, 0.5) is 0 Å². The Hall–Kier alpha value is -1.50. The second-order valence-corrected chi connectivity index (χ2v) is 8.61. The van der Waals surface area contributed by atoms with Crippen LogP contribution in [0, 0.1) is 11.3 Å². The van der Waals surface area contributed by atoms with Crippen LogP contribution < -0.4 is 0 Å². The zero-order chi connectivity index (χ0) is 17.4. The molecule has 3 heterocycles. The Balaban J connectivity index is 1.47. The number of piperidine rings is 1. The van der Waals surface area contributed by atoms with Gasteiger partial charge in [-0.15, -0.1) is 5.10 Å². The van der Waals surface area contributed by atoms with E-state index in [1.807, 2.05) is 4.90 Å². The number of aromatic nitrogens is 2. The molecule has 1 atom stereocenters. The van der Waals surface area contributed by atoms with E-state index in [4.69, 9.17) is 0 Å². The summed E-state index contributed by atoms with van der Waals surface area (Å²) in [6.07, 6.45) is 7.03. The highest BCUT2D eigenvalue weighted by Gasteiger charge is 2.50. The van der Waals surface area contributed by atoms with Crippen LogP contribution in [0.25, 0.3) is 0 Å². The Morgan fingerprint density at radius 1 is 1.32 bits per heavy atom. The van der Waals surface area contributed by atoms with Crippen LogP contribution in [-0.2, 0) is 11.2 Å². The second kappa shape index (κ2) is 6.67. The molecule has 6 nitrogen and oxygen atoms in total. The second-order valence-electron chi connectivity index (χ2n) is 7.85. The van der Waals surface area contributed by atoms with Gasteiger partial charge in [0.25, 0.3) is 5.91 Å². The molecule has 0 bridgehead atoms. The van der Waals surface area contributed by atoms with Crippen molar-refractivity contribution in [3.05, 3.63) is 10.6 Å². The van der Waals surface area contributed by atoms with E-state index < -0.39 is 0 Å². The maximum absolute atomic E-state index is 13.1. The Kier molecular flexibility index (Phi) is 4.52. The van der Waals surface area contributed by atoms with E-state index in [0.29, 0.717) is 18.0 Å². The van der Waals surface area contributed by atoms with Gasteiger partial charge >= 0.3 is 0 Å². The van der Waals surface area contributed by atoms with Crippen LogP contribution in [0.15, 0.2) is 0 Å². The van der Waals surface area contributed by atoms with Gasteiger partial charge in [0.15, 0.2) is 0 Å². The molecule has 4 rings (SSSR count). The predicted octanol–water partition coefficient (Wildman–Crippen LogP) is 2.36. The molecule has 0 unspecified atom stereocenters. The van der Waals surface area contributed by atoms with E-state index >= 15 is 0 Å². The van der Waals surface area contributed by atoms with Gasteiger partial charge < -0.3 is 9.80 Å². The molecule has 7 heteroatoms. The molecule has 2 aliphatic heterocycles. The number of aryl methyl sites for hydroxylation is 1. The highest BCUT2D eigenvalue weighted by molar-refractivity contribution is 7.08. The number of amides is 2. The van der Waals surface area contributed by atoms with Crippen molar-refractivity contribution in [1.82, 2.24) is 19.4 Å². The molecule has 0 N–H and O–H groups in total. The standard InChI is InChI=1S/C18H26N4O2S/c1-2-4-14-15(25-20-19-14)16(23)22-10-8-18(12-22)7-3-9-21(17(18)24)11-13-5-6-13/h13H,2-12H2,1H3/t18-/m0/s1. The minimum absolute atomic E-state index is 0.0161. The first-order valence-electron chi connectivity index (χ1n) is 9.53. The summed E-state index contributed by atoms with van der Waals surface area (Å²) < 4.78 is 3.97. The van der Waals surface area contributed by atoms with E-state index in [-0.39, 0.29) is 17.2 Å². The van der Waals surface area contributed by atoms with E-state index in [1.54, 1.807) is 0 Å². The molecule has 3 aliphatic rings. The normalized spacial score (nSPS) is 26.7. The molecular weight excluding hydrogens is 336 g/mol. The van der Waals surface area contributed by atoms with Gasteiger partial charge in [-0.05, 0) is 56.0 Å². The first kappa shape index (κ1) is 16.9. The molecule has 2 amide bonds. The van der Waals surface area contributed by atoms with Gasteiger partial charge in [0.2, 0.25) is 5.91 Å². The minimum atomic E-state index is -0.341. The van der Waals surface area contributed by atoms with Crippen LogP contribution in [-0.4, -0.2) is 57.4 Å². The molecule has 3 fully saturated rings. The molecule has 1 aliphatic carbocycles. The molecule has 25 heavy (non-hydrogen) atoms. The lowest BCUT2D eigenvalue weighted by Crippen LogP contribution is -2.50. The maximum atomic E-state index is 13.1. The van der Waals surface area contributed by atoms with Gasteiger partial charge in [-0.3, -0.25) is 9.59 Å². The molecule has 136 valence electrons. The monoisotopic (exact) mass is 362 g/mol. The van der Waals surface area contributed by atoms with Crippen molar-refractivity contribution in [3.8, 4) is 0 Å². The largest absolute Gasteiger partial charge is 0.342 e. The van der Waals surface area contributed by atoms with Crippen LogP contribution in [0.5, 0.6) is 0 Å². The highest BCUT2D eigenvalue weighted by atomic mass is 32.1. The third kappa shape index (κ3) is 3.18. The number of nitrogens with zero attached hydrogens (tertiary/aromatic N) is 4. The smallest absolute Gasteiger partial charge is 0.267 e. The Labute approximate surface area is 152 Å². The summed E-state index contributed by atoms with van der Waals surface area (Å²) in [6, 6.07) is 0. The number of hydrogen-bond acceptors (Lipinski definition) is 5. The fourth-order valence-corrected chi connectivity index (χ4v) is 4.95. The lowest BCUT2D eigenvalue weighted by molar-refractivity contribution is -0.145. The van der Waals surface area contributed by atoms with E-state index in [9.17, 15) is 9.59 Å². The summed E-state index contributed by atoms with van der Waals surface area (Å²) in [5.41, 5.74) is 0.468. The summed E-state index contributed by atoms with van der Waals surface area (Å²) in [7, 11) is 0. The summed E-state index contributed by atoms with van der Waals surface area (Å²) >= 11 is 1.19. The maximum Gasteiger partial charge on any atom is 0.267 e. The van der Waals surface area contributed by atoms with Crippen LogP contribution in [0.3, 0.4) is 0 Å². The summed E-state index contributed by atoms with van der Waals surface area (Å²) in [4.78, 5) is 30.6. The molecule has 0 aromatic carbocycles. The minimum Gasteiger partial charge on any atom is -0.342 e. The fourth-order valence-electron chi connectivity index (χ4n) is 4.28. The van der Waals surface area contributed by atoms with E-state index in [0.717, 1.165) is 56.8 Å². The first-order valence-corrected chi connectivity index (χ1v) is 10.3. The van der Waals surface area contributed by atoms with E-state index in [2.05, 4.69) is 21.4 Å². The van der Waals surface area contributed by atoms with Crippen LogP contribution in [0.2, 0.25) is 0 Å². The van der Waals surface area contributed by atoms with Gasteiger partial charge in [-0.2, -0.15) is 0 Å². The molecule has 2 saturated heterocycles. The number of hydrogen-bond donors (Lipinski definition) is 0. The molecule has 0 radical (unpaired) electrons. The van der Waals surface area contributed by atoms with Gasteiger partial charge in [0.1, 0.15) is 4.88 Å². The van der Waals surface area contributed by atoms with Crippen molar-refractivity contribution in [2.75, 3.05) is 26.2 Å². The van der Waals surface area contributed by atoms with Crippen molar-refractivity contribution in [2.24, 2.45) is 11.3 Å². The first-order chi connectivity index (χ1) is 12.1. The fraction of sp³-hybridized carbons (Fsp3) is 0.778. The molecule has 1 saturated carbocycles. The number of carbonyl (C=O) groups excluding carboxylic acids is 2. The van der Waals surface area contributed by atoms with Crippen molar-refractivity contribution < 1.29 is 9.59 Å². The Bertz CT molecular complexity index is 672. The SMILES string of the molecule is CCCc1nnsc1C(=O)N1CC[C@@]2(CCCN(CC3CC3)C2=O)C1. The van der Waals surface area contributed by atoms with Crippen LogP contribution in [0.1, 0.15) is 60.8 Å². The Morgan fingerprint density at radius 2 is 2.16 bits per heavy atom. The molecule has 1 aromatic rings. The van der Waals surface area contributed by atoms with Crippen molar-refractivity contribution >= 4 is 23.3 Å². The van der Waals surface area contributed by atoms with Gasteiger partial charge in [-0.25, -0.2) is 0 Å². The molecular formula is C18H26N4O2S. The summed E-state index contributed by atoms with van der Waals surface area (Å²) in [5, 5.41) is 4.11. The topological polar surface area (TPSA) is 66.4 Å². The molecule has 1 spiro atoms. The number of carbonyl (C=O) groups is 2. The highest BCUT2D eigenvalue weighted by Crippen LogP contribution is 2.42. The Morgan fingerprint density at radius 3 is 2.92 bits per heavy atom. The number of likely N-dealkylation sites (tertiary alicyclic amines) is 2. The average Bonchev–Trinajstić information content (AvgIpc) is 3.14. The zero-order valence-corrected chi connectivity index (χ0v) is 15.7. The third-order valence-electron chi connectivity index (χ3n) is 5.88. The summed E-state index contributed by atoms with van der Waals surface area (Å²) in [5.74, 6) is 1.03. The third-order valence-corrected chi connectivity index (χ3v) is 6.63. The van der Waals surface area contributed by atoms with Crippen molar-refractivity contribution in [2.45, 2.75) is 51.9 Å². The van der Waals surface area contributed by atoms with Gasteiger partial charge in [0.05, 0.1) is 11.1 Å².